The largest absolute Gasteiger partial charge is 0.378 e. The molecule has 0 bridgehead atoms. The molecule has 4 aromatic rings. The number of amides is 2. The van der Waals surface area contributed by atoms with Crippen LogP contribution in [0.25, 0.3) is 32.9 Å². The van der Waals surface area contributed by atoms with Crippen molar-refractivity contribution in [3.63, 3.8) is 0 Å². The minimum absolute atomic E-state index is 0.0509. The number of ether oxygens (including phenoxy) is 1. The van der Waals surface area contributed by atoms with Crippen LogP contribution in [0.5, 0.6) is 0 Å². The van der Waals surface area contributed by atoms with Crippen LogP contribution < -0.4 is 5.73 Å². The second kappa shape index (κ2) is 7.76. The highest BCUT2D eigenvalue weighted by Gasteiger charge is 2.20. The lowest BCUT2D eigenvalue weighted by molar-refractivity contribution is 0.0303. The van der Waals surface area contributed by atoms with E-state index in [0.29, 0.717) is 48.5 Å². The predicted molar refractivity (Wildman–Crippen MR) is 121 cm³/mol. The van der Waals surface area contributed by atoms with E-state index in [0.717, 1.165) is 27.4 Å². The first kappa shape index (κ1) is 20.2. The number of rotatable bonds is 3. The number of nitrogens with one attached hydrogen (secondary N) is 1. The fourth-order valence-corrected chi connectivity index (χ4v) is 4.27. The molecule has 32 heavy (non-hydrogen) atoms. The van der Waals surface area contributed by atoms with Gasteiger partial charge in [0, 0.05) is 34.9 Å². The molecule has 3 aromatic carbocycles. The summed E-state index contributed by atoms with van der Waals surface area (Å²) in [4.78, 5) is 30.3. The molecule has 2 amide bonds. The molecular formula is C25H22FN3O3. The summed E-state index contributed by atoms with van der Waals surface area (Å²) in [5.74, 6) is -0.903. The Hall–Kier alpha value is -3.71. The molecule has 0 spiro atoms. The third-order valence-corrected chi connectivity index (χ3v) is 6.01. The Kier molecular flexibility index (Phi) is 4.90. The molecule has 5 rings (SSSR count). The minimum Gasteiger partial charge on any atom is -0.378 e. The number of carbonyl (C=O) groups is 2. The molecule has 0 unspecified atom stereocenters. The van der Waals surface area contributed by atoms with Crippen molar-refractivity contribution in [1.29, 1.82) is 0 Å². The number of hydrogen-bond acceptors (Lipinski definition) is 3. The molecule has 0 radical (unpaired) electrons. The first-order chi connectivity index (χ1) is 15.4. The van der Waals surface area contributed by atoms with Gasteiger partial charge in [0.25, 0.3) is 11.8 Å². The summed E-state index contributed by atoms with van der Waals surface area (Å²) < 4.78 is 19.1. The lowest BCUT2D eigenvalue weighted by atomic mass is 9.97. The van der Waals surface area contributed by atoms with E-state index in [1.165, 1.54) is 6.07 Å². The standard InChI is InChI=1S/C25H22FN3O3/c1-14-10-15(2-4-21(14)26)17-12-19-18-11-16(25(31)29-6-8-32-9-7-29)3-5-22(18)28-23(19)20(13-17)24(27)30/h2-5,10-13,28H,6-9H2,1H3,(H2,27,30). The molecule has 1 aromatic heterocycles. The van der Waals surface area contributed by atoms with Gasteiger partial charge in [-0.1, -0.05) is 6.07 Å². The van der Waals surface area contributed by atoms with Crippen LogP contribution in [0, 0.1) is 12.7 Å². The number of hydrogen-bond donors (Lipinski definition) is 2. The maximum atomic E-state index is 13.8. The van der Waals surface area contributed by atoms with Crippen LogP contribution in [-0.2, 0) is 4.74 Å². The number of aromatic nitrogens is 1. The highest BCUT2D eigenvalue weighted by Crippen LogP contribution is 2.34. The highest BCUT2D eigenvalue weighted by molar-refractivity contribution is 6.17. The summed E-state index contributed by atoms with van der Waals surface area (Å²) in [5, 5.41) is 1.60. The van der Waals surface area contributed by atoms with Gasteiger partial charge in [-0.3, -0.25) is 9.59 Å². The summed E-state index contributed by atoms with van der Waals surface area (Å²) >= 11 is 0. The summed E-state index contributed by atoms with van der Waals surface area (Å²) in [7, 11) is 0. The number of fused-ring (bicyclic) bond motifs is 3. The first-order valence-corrected chi connectivity index (χ1v) is 10.5. The molecule has 1 aliphatic rings. The number of aromatic amines is 1. The molecule has 1 fully saturated rings. The van der Waals surface area contributed by atoms with E-state index in [2.05, 4.69) is 4.98 Å². The topological polar surface area (TPSA) is 88.4 Å². The maximum absolute atomic E-state index is 13.8. The van der Waals surface area contributed by atoms with Crippen molar-refractivity contribution in [2.75, 3.05) is 26.3 Å². The highest BCUT2D eigenvalue weighted by atomic mass is 19.1. The van der Waals surface area contributed by atoms with Crippen LogP contribution in [0.15, 0.2) is 48.5 Å². The molecule has 7 heteroatoms. The van der Waals surface area contributed by atoms with E-state index in [1.54, 1.807) is 36.1 Å². The molecule has 162 valence electrons. The zero-order valence-corrected chi connectivity index (χ0v) is 17.6. The van der Waals surface area contributed by atoms with Gasteiger partial charge in [0.1, 0.15) is 5.82 Å². The Bertz CT molecular complexity index is 1390. The van der Waals surface area contributed by atoms with Gasteiger partial charge in [0.2, 0.25) is 0 Å². The van der Waals surface area contributed by atoms with Gasteiger partial charge >= 0.3 is 0 Å². The molecule has 3 N–H and O–H groups in total. The predicted octanol–water partition coefficient (Wildman–Crippen LogP) is 4.01. The van der Waals surface area contributed by atoms with Crippen molar-refractivity contribution in [2.24, 2.45) is 5.73 Å². The maximum Gasteiger partial charge on any atom is 0.254 e. The summed E-state index contributed by atoms with van der Waals surface area (Å²) in [6.45, 7) is 3.88. The van der Waals surface area contributed by atoms with Crippen molar-refractivity contribution < 1.29 is 18.7 Å². The smallest absolute Gasteiger partial charge is 0.254 e. The van der Waals surface area contributed by atoms with Crippen LogP contribution in [0.3, 0.4) is 0 Å². The van der Waals surface area contributed by atoms with Gasteiger partial charge in [-0.25, -0.2) is 4.39 Å². The lowest BCUT2D eigenvalue weighted by Crippen LogP contribution is -2.40. The number of morpholine rings is 1. The summed E-state index contributed by atoms with van der Waals surface area (Å²) in [6, 6.07) is 13.9. The third-order valence-electron chi connectivity index (χ3n) is 6.01. The minimum atomic E-state index is -0.563. The Balaban J connectivity index is 1.69. The van der Waals surface area contributed by atoms with Gasteiger partial charge < -0.3 is 20.4 Å². The van der Waals surface area contributed by atoms with Crippen LogP contribution in [0.2, 0.25) is 0 Å². The lowest BCUT2D eigenvalue weighted by Gasteiger charge is -2.26. The van der Waals surface area contributed by atoms with Gasteiger partial charge in [0.05, 0.1) is 24.3 Å². The second-order valence-corrected chi connectivity index (χ2v) is 8.06. The molecule has 6 nitrogen and oxygen atoms in total. The van der Waals surface area contributed by atoms with E-state index in [9.17, 15) is 14.0 Å². The van der Waals surface area contributed by atoms with Crippen LogP contribution in [-0.4, -0.2) is 48.0 Å². The summed E-state index contributed by atoms with van der Waals surface area (Å²) in [6.07, 6.45) is 0. The van der Waals surface area contributed by atoms with E-state index in [-0.39, 0.29) is 11.7 Å². The Morgan fingerprint density at radius 2 is 1.78 bits per heavy atom. The quantitative estimate of drug-likeness (QED) is 0.514. The van der Waals surface area contributed by atoms with Crippen LogP contribution >= 0.6 is 0 Å². The van der Waals surface area contributed by atoms with Crippen molar-refractivity contribution in [3.8, 4) is 11.1 Å². The van der Waals surface area contributed by atoms with Gasteiger partial charge in [0.15, 0.2) is 0 Å². The van der Waals surface area contributed by atoms with Gasteiger partial charge in [-0.2, -0.15) is 0 Å². The first-order valence-electron chi connectivity index (χ1n) is 10.5. The van der Waals surface area contributed by atoms with E-state index in [4.69, 9.17) is 10.5 Å². The monoisotopic (exact) mass is 431 g/mol. The summed E-state index contributed by atoms with van der Waals surface area (Å²) in [5.41, 5.74) is 10.1. The van der Waals surface area contributed by atoms with Crippen molar-refractivity contribution in [2.45, 2.75) is 6.92 Å². The number of aryl methyl sites for hydroxylation is 1. The van der Waals surface area contributed by atoms with Crippen LogP contribution in [0.4, 0.5) is 4.39 Å². The van der Waals surface area contributed by atoms with E-state index in [1.807, 2.05) is 18.2 Å². The Morgan fingerprint density at radius 3 is 2.50 bits per heavy atom. The van der Waals surface area contributed by atoms with E-state index >= 15 is 0 Å². The molecule has 0 saturated carbocycles. The molecule has 0 atom stereocenters. The second-order valence-electron chi connectivity index (χ2n) is 8.06. The van der Waals surface area contributed by atoms with Crippen molar-refractivity contribution in [1.82, 2.24) is 9.88 Å². The molecule has 2 heterocycles. The molecule has 1 aliphatic heterocycles. The number of carbonyl (C=O) groups excluding carboxylic acids is 2. The number of primary amides is 1. The zero-order chi connectivity index (χ0) is 22.4. The van der Waals surface area contributed by atoms with Gasteiger partial charge in [-0.05, 0) is 66.1 Å². The SMILES string of the molecule is Cc1cc(-c2cc(C(N)=O)c3[nH]c4ccc(C(=O)N5CCOCC5)cc4c3c2)ccc1F. The normalized spacial score (nSPS) is 14.2. The fraction of sp³-hybridized carbons (Fsp3) is 0.200. The van der Waals surface area contributed by atoms with Gasteiger partial charge in [-0.15, -0.1) is 0 Å². The molecule has 0 aliphatic carbocycles. The number of nitrogens with two attached hydrogens (primary N) is 1. The molecule has 1 saturated heterocycles. The van der Waals surface area contributed by atoms with E-state index < -0.39 is 5.91 Å². The number of halogens is 1. The molecular weight excluding hydrogens is 409 g/mol. The van der Waals surface area contributed by atoms with Crippen LogP contribution in [0.1, 0.15) is 26.3 Å². The fourth-order valence-electron chi connectivity index (χ4n) is 4.27. The number of benzene rings is 3. The Labute approximate surface area is 183 Å². The average Bonchev–Trinajstić information content (AvgIpc) is 3.18. The van der Waals surface area contributed by atoms with Crippen molar-refractivity contribution in [3.05, 3.63) is 71.0 Å². The Morgan fingerprint density at radius 1 is 1.00 bits per heavy atom. The zero-order valence-electron chi connectivity index (χ0n) is 17.6. The number of H-pyrrole nitrogens is 1. The number of nitrogens with zero attached hydrogens (tertiary/aromatic N) is 1. The third kappa shape index (κ3) is 3.40. The van der Waals surface area contributed by atoms with Crippen molar-refractivity contribution >= 4 is 33.6 Å². The average molecular weight is 431 g/mol.